The fraction of sp³-hybridized carbons (Fsp3) is 0.294. The third-order valence-corrected chi connectivity index (χ3v) is 3.80. The largest absolute Gasteiger partial charge is 0.497 e. The molecule has 0 aliphatic carbocycles. The Bertz CT molecular complexity index is 603. The summed E-state index contributed by atoms with van der Waals surface area (Å²) >= 11 is 5.71. The molecule has 0 aliphatic rings. The van der Waals surface area contributed by atoms with Crippen LogP contribution in [-0.2, 0) is 12.8 Å². The minimum atomic E-state index is -0.370. The fourth-order valence-electron chi connectivity index (χ4n) is 2.31. The number of hydrogen-bond acceptors (Lipinski definition) is 2. The van der Waals surface area contributed by atoms with Crippen LogP contribution in [0.2, 0.25) is 5.02 Å². The van der Waals surface area contributed by atoms with Gasteiger partial charge in [0.2, 0.25) is 0 Å². The van der Waals surface area contributed by atoms with Gasteiger partial charge in [-0.05, 0) is 55.3 Å². The third kappa shape index (κ3) is 4.45. The van der Waals surface area contributed by atoms with Crippen molar-refractivity contribution in [3.63, 3.8) is 0 Å². The molecule has 0 bridgehead atoms. The molecular weight excluding hydrogens is 289 g/mol. The standard InChI is InChI=1S/C17H19ClFNO/c1-20-14(8-12-4-3-5-15(10-12)21-2)9-13-6-7-16(18)17(19)11-13/h3-7,10-11,14,20H,8-9H2,1-2H3. The molecule has 0 spiro atoms. The minimum absolute atomic E-state index is 0.160. The van der Waals surface area contributed by atoms with Crippen LogP contribution in [0.15, 0.2) is 42.5 Å². The van der Waals surface area contributed by atoms with E-state index in [2.05, 4.69) is 11.4 Å². The predicted octanol–water partition coefficient (Wildman–Crippen LogP) is 3.86. The first-order valence-electron chi connectivity index (χ1n) is 6.86. The van der Waals surface area contributed by atoms with Gasteiger partial charge in [0.05, 0.1) is 12.1 Å². The Morgan fingerprint density at radius 3 is 2.48 bits per heavy atom. The zero-order chi connectivity index (χ0) is 15.2. The zero-order valence-corrected chi connectivity index (χ0v) is 13.0. The molecule has 1 unspecified atom stereocenters. The second-order valence-electron chi connectivity index (χ2n) is 4.99. The topological polar surface area (TPSA) is 21.3 Å². The summed E-state index contributed by atoms with van der Waals surface area (Å²) in [5.41, 5.74) is 2.11. The van der Waals surface area contributed by atoms with Crippen molar-refractivity contribution in [2.75, 3.05) is 14.2 Å². The molecule has 0 aromatic heterocycles. The highest BCUT2D eigenvalue weighted by atomic mass is 35.5. The average Bonchev–Trinajstić information content (AvgIpc) is 2.50. The van der Waals surface area contributed by atoms with Gasteiger partial charge in [-0.1, -0.05) is 29.8 Å². The van der Waals surface area contributed by atoms with Crippen molar-refractivity contribution in [2.45, 2.75) is 18.9 Å². The lowest BCUT2D eigenvalue weighted by Gasteiger charge is -2.17. The van der Waals surface area contributed by atoms with Crippen LogP contribution in [0.4, 0.5) is 4.39 Å². The molecule has 2 rings (SSSR count). The lowest BCUT2D eigenvalue weighted by Crippen LogP contribution is -2.29. The van der Waals surface area contributed by atoms with Gasteiger partial charge in [-0.2, -0.15) is 0 Å². The van der Waals surface area contributed by atoms with E-state index in [1.165, 1.54) is 11.6 Å². The van der Waals surface area contributed by atoms with Crippen LogP contribution in [0.3, 0.4) is 0 Å². The number of hydrogen-bond donors (Lipinski definition) is 1. The Labute approximate surface area is 129 Å². The monoisotopic (exact) mass is 307 g/mol. The van der Waals surface area contributed by atoms with Crippen molar-refractivity contribution in [3.8, 4) is 5.75 Å². The molecule has 1 N–H and O–H groups in total. The van der Waals surface area contributed by atoms with Crippen molar-refractivity contribution in [1.29, 1.82) is 0 Å². The van der Waals surface area contributed by atoms with E-state index in [0.717, 1.165) is 24.2 Å². The lowest BCUT2D eigenvalue weighted by molar-refractivity contribution is 0.414. The quantitative estimate of drug-likeness (QED) is 0.875. The first-order chi connectivity index (χ1) is 10.1. The van der Waals surface area contributed by atoms with Crippen molar-refractivity contribution >= 4 is 11.6 Å². The number of benzene rings is 2. The SMILES string of the molecule is CNC(Cc1cccc(OC)c1)Cc1ccc(Cl)c(F)c1. The maximum atomic E-state index is 13.5. The highest BCUT2D eigenvalue weighted by Gasteiger charge is 2.10. The number of methoxy groups -OCH3 is 1. The molecule has 2 aromatic rings. The molecule has 0 amide bonds. The Kier molecular flexibility index (Phi) is 5.59. The van der Waals surface area contributed by atoms with Crippen LogP contribution in [0.5, 0.6) is 5.75 Å². The first kappa shape index (κ1) is 15.8. The molecule has 112 valence electrons. The molecular formula is C17H19ClFNO. The van der Waals surface area contributed by atoms with Crippen LogP contribution in [0.1, 0.15) is 11.1 Å². The van der Waals surface area contributed by atoms with E-state index in [1.54, 1.807) is 13.2 Å². The van der Waals surface area contributed by atoms with Crippen LogP contribution < -0.4 is 10.1 Å². The summed E-state index contributed by atoms with van der Waals surface area (Å²) in [7, 11) is 3.57. The van der Waals surface area contributed by atoms with E-state index in [9.17, 15) is 4.39 Å². The molecule has 0 radical (unpaired) electrons. The van der Waals surface area contributed by atoms with Crippen molar-refractivity contribution in [2.24, 2.45) is 0 Å². The van der Waals surface area contributed by atoms with Gasteiger partial charge in [0.1, 0.15) is 11.6 Å². The van der Waals surface area contributed by atoms with Gasteiger partial charge in [0.25, 0.3) is 0 Å². The maximum Gasteiger partial charge on any atom is 0.142 e. The number of nitrogens with one attached hydrogen (secondary N) is 1. The lowest BCUT2D eigenvalue weighted by atomic mass is 9.99. The molecule has 0 saturated carbocycles. The second-order valence-corrected chi connectivity index (χ2v) is 5.40. The van der Waals surface area contributed by atoms with Crippen molar-refractivity contribution in [3.05, 3.63) is 64.4 Å². The van der Waals surface area contributed by atoms with E-state index in [-0.39, 0.29) is 16.9 Å². The molecule has 0 heterocycles. The Hall–Kier alpha value is -1.58. The van der Waals surface area contributed by atoms with Gasteiger partial charge in [0, 0.05) is 6.04 Å². The van der Waals surface area contributed by atoms with Gasteiger partial charge >= 0.3 is 0 Å². The van der Waals surface area contributed by atoms with E-state index >= 15 is 0 Å². The van der Waals surface area contributed by atoms with E-state index in [0.29, 0.717) is 0 Å². The number of halogens is 2. The average molecular weight is 308 g/mol. The van der Waals surface area contributed by atoms with E-state index < -0.39 is 0 Å². The van der Waals surface area contributed by atoms with Crippen LogP contribution >= 0.6 is 11.6 Å². The van der Waals surface area contributed by atoms with E-state index in [4.69, 9.17) is 16.3 Å². The van der Waals surface area contributed by atoms with Gasteiger partial charge in [-0.3, -0.25) is 0 Å². The molecule has 0 aliphatic heterocycles. The van der Waals surface area contributed by atoms with Crippen molar-refractivity contribution < 1.29 is 9.13 Å². The predicted molar refractivity (Wildman–Crippen MR) is 84.7 cm³/mol. The van der Waals surface area contributed by atoms with Gasteiger partial charge in [-0.25, -0.2) is 4.39 Å². The van der Waals surface area contributed by atoms with Gasteiger partial charge in [-0.15, -0.1) is 0 Å². The number of likely N-dealkylation sites (N-methyl/N-ethyl adjacent to an activating group) is 1. The summed E-state index contributed by atoms with van der Waals surface area (Å²) in [5.74, 6) is 0.477. The summed E-state index contributed by atoms with van der Waals surface area (Å²) in [5, 5.41) is 3.43. The van der Waals surface area contributed by atoms with Crippen LogP contribution in [0, 0.1) is 5.82 Å². The first-order valence-corrected chi connectivity index (χ1v) is 7.24. The highest BCUT2D eigenvalue weighted by molar-refractivity contribution is 6.30. The zero-order valence-electron chi connectivity index (χ0n) is 12.2. The Balaban J connectivity index is 2.07. The summed E-state index contributed by atoms with van der Waals surface area (Å²) in [6, 6.07) is 13.2. The highest BCUT2D eigenvalue weighted by Crippen LogP contribution is 2.18. The molecule has 2 nitrogen and oxygen atoms in total. The van der Waals surface area contributed by atoms with Gasteiger partial charge < -0.3 is 10.1 Å². The summed E-state index contributed by atoms with van der Waals surface area (Å²) in [6.07, 6.45) is 1.58. The van der Waals surface area contributed by atoms with Gasteiger partial charge in [0.15, 0.2) is 0 Å². The fourth-order valence-corrected chi connectivity index (χ4v) is 2.43. The van der Waals surface area contributed by atoms with Crippen LogP contribution in [-0.4, -0.2) is 20.2 Å². The number of rotatable bonds is 6. The molecule has 0 fully saturated rings. The normalized spacial score (nSPS) is 12.2. The molecule has 1 atom stereocenters. The van der Waals surface area contributed by atoms with E-state index in [1.807, 2.05) is 31.3 Å². The molecule has 0 saturated heterocycles. The maximum absolute atomic E-state index is 13.5. The van der Waals surface area contributed by atoms with Crippen LogP contribution in [0.25, 0.3) is 0 Å². The molecule has 2 aromatic carbocycles. The number of ether oxygens (including phenoxy) is 1. The Morgan fingerprint density at radius 1 is 1.14 bits per heavy atom. The minimum Gasteiger partial charge on any atom is -0.497 e. The second kappa shape index (κ2) is 7.43. The third-order valence-electron chi connectivity index (χ3n) is 3.49. The molecule has 4 heteroatoms. The summed E-state index contributed by atoms with van der Waals surface area (Å²) < 4.78 is 18.7. The Morgan fingerprint density at radius 2 is 1.86 bits per heavy atom. The summed E-state index contributed by atoms with van der Waals surface area (Å²) in [6.45, 7) is 0. The smallest absolute Gasteiger partial charge is 0.142 e. The van der Waals surface area contributed by atoms with Crippen molar-refractivity contribution in [1.82, 2.24) is 5.32 Å². The summed E-state index contributed by atoms with van der Waals surface area (Å²) in [4.78, 5) is 0. The molecule has 21 heavy (non-hydrogen) atoms.